The van der Waals surface area contributed by atoms with Crippen molar-refractivity contribution in [3.63, 3.8) is 0 Å². The molecular weight excluding hydrogens is 376 g/mol. The van der Waals surface area contributed by atoms with Crippen molar-refractivity contribution in [1.82, 2.24) is 10.3 Å². The molecule has 0 aliphatic carbocycles. The highest BCUT2D eigenvalue weighted by Crippen LogP contribution is 2.28. The highest BCUT2D eigenvalue weighted by molar-refractivity contribution is 7.91. The second kappa shape index (κ2) is 7.84. The summed E-state index contributed by atoms with van der Waals surface area (Å²) in [5, 5.41) is 0. The number of hydrogen-bond acceptors (Lipinski definition) is 6. The van der Waals surface area contributed by atoms with Crippen molar-refractivity contribution < 1.29 is 22.7 Å². The van der Waals surface area contributed by atoms with Crippen LogP contribution < -0.4 is 19.7 Å². The maximum absolute atomic E-state index is 12.1. The van der Waals surface area contributed by atoms with Gasteiger partial charge in [0, 0.05) is 5.56 Å². The maximum Gasteiger partial charge on any atom is 0.266 e. The van der Waals surface area contributed by atoms with E-state index >= 15 is 0 Å². The smallest absolute Gasteiger partial charge is 0.266 e. The molecule has 1 amide bonds. The van der Waals surface area contributed by atoms with E-state index in [9.17, 15) is 13.2 Å². The Morgan fingerprint density at radius 2 is 2.00 bits per heavy atom. The summed E-state index contributed by atoms with van der Waals surface area (Å²) in [5.74, 6) is 0.227. The third-order valence-corrected chi connectivity index (χ3v) is 5.81. The lowest BCUT2D eigenvalue weighted by atomic mass is 10.2. The van der Waals surface area contributed by atoms with Gasteiger partial charge in [0.15, 0.2) is 11.5 Å². The predicted octanol–water partition coefficient (Wildman–Crippen LogP) is 2.43. The molecule has 1 aromatic carbocycles. The average molecular weight is 391 g/mol. The van der Waals surface area contributed by atoms with Crippen LogP contribution in [0.3, 0.4) is 0 Å². The van der Waals surface area contributed by atoms with Gasteiger partial charge in [-0.1, -0.05) is 11.6 Å². The van der Waals surface area contributed by atoms with Crippen molar-refractivity contribution in [2.45, 2.75) is 11.1 Å². The van der Waals surface area contributed by atoms with Gasteiger partial charge in [-0.25, -0.2) is 8.42 Å². The van der Waals surface area contributed by atoms with Crippen LogP contribution in [0.25, 0.3) is 0 Å². The lowest BCUT2D eigenvalue weighted by Crippen LogP contribution is -2.41. The minimum Gasteiger partial charge on any atom is -0.493 e. The first-order valence-corrected chi connectivity index (χ1v) is 9.43. The van der Waals surface area contributed by atoms with Gasteiger partial charge in [-0.15, -0.1) is 16.2 Å². The highest BCUT2D eigenvalue weighted by atomic mass is 35.5. The summed E-state index contributed by atoms with van der Waals surface area (Å²) in [6.07, 6.45) is 0. The largest absolute Gasteiger partial charge is 0.493 e. The molecule has 10 heteroatoms. The second-order valence-electron chi connectivity index (χ2n) is 4.42. The molecular formula is C14H15ClN2O5S2. The van der Waals surface area contributed by atoms with Gasteiger partial charge < -0.3 is 9.47 Å². The zero-order valence-corrected chi connectivity index (χ0v) is 15.2. The Balaban J connectivity index is 2.10. The standard InChI is InChI=1S/C14H15ClN2O5S2/c1-3-22-10-5-4-9(8-11(10)21-2)14(18)16-17-24(19,20)13-7-6-12(15)23-13/h4-8,17H,3H2,1-2H3,(H,16,18). The summed E-state index contributed by atoms with van der Waals surface area (Å²) >= 11 is 6.59. The first-order valence-electron chi connectivity index (χ1n) is 6.75. The van der Waals surface area contributed by atoms with Gasteiger partial charge in [-0.2, -0.15) is 0 Å². The number of methoxy groups -OCH3 is 1. The molecule has 0 atom stereocenters. The SMILES string of the molecule is CCOc1ccc(C(=O)NNS(=O)(=O)c2ccc(Cl)s2)cc1OC. The fourth-order valence-corrected chi connectivity index (χ4v) is 4.08. The molecule has 0 unspecified atom stereocenters. The molecule has 1 heterocycles. The molecule has 2 rings (SSSR count). The first kappa shape index (κ1) is 18.5. The summed E-state index contributed by atoms with van der Waals surface area (Å²) in [7, 11) is -2.43. The summed E-state index contributed by atoms with van der Waals surface area (Å²) in [6, 6.07) is 7.34. The molecule has 0 aliphatic heterocycles. The molecule has 7 nitrogen and oxygen atoms in total. The third kappa shape index (κ3) is 4.38. The Hall–Kier alpha value is -1.81. The number of hydrogen-bond donors (Lipinski definition) is 2. The number of amides is 1. The molecule has 0 saturated carbocycles. The van der Waals surface area contributed by atoms with Crippen molar-refractivity contribution in [1.29, 1.82) is 0 Å². The summed E-state index contributed by atoms with van der Waals surface area (Å²) in [5.41, 5.74) is 2.35. The topological polar surface area (TPSA) is 93.7 Å². The minimum absolute atomic E-state index is 0.00271. The number of sulfonamides is 1. The number of ether oxygens (including phenoxy) is 2. The van der Waals surface area contributed by atoms with Gasteiger partial charge in [0.2, 0.25) is 0 Å². The summed E-state index contributed by atoms with van der Waals surface area (Å²) in [4.78, 5) is 14.1. The quantitative estimate of drug-likeness (QED) is 0.708. The van der Waals surface area contributed by atoms with Crippen molar-refractivity contribution >= 4 is 38.9 Å². The van der Waals surface area contributed by atoms with Crippen molar-refractivity contribution in [2.24, 2.45) is 0 Å². The number of carbonyl (C=O) groups excluding carboxylic acids is 1. The van der Waals surface area contributed by atoms with Crippen LogP contribution in [0.1, 0.15) is 17.3 Å². The van der Waals surface area contributed by atoms with Gasteiger partial charge in [0.1, 0.15) is 4.21 Å². The van der Waals surface area contributed by atoms with E-state index in [2.05, 4.69) is 5.43 Å². The van der Waals surface area contributed by atoms with Crippen LogP contribution in [0.5, 0.6) is 11.5 Å². The Kier molecular flexibility index (Phi) is 6.05. The number of nitrogens with one attached hydrogen (secondary N) is 2. The molecule has 0 spiro atoms. The molecule has 0 fully saturated rings. The number of hydrazine groups is 1. The van der Waals surface area contributed by atoms with E-state index in [4.69, 9.17) is 21.1 Å². The number of thiophene rings is 1. The first-order chi connectivity index (χ1) is 11.4. The number of rotatable bonds is 7. The van der Waals surface area contributed by atoms with Crippen LogP contribution in [0.15, 0.2) is 34.5 Å². The summed E-state index contributed by atoms with van der Waals surface area (Å²) in [6.45, 7) is 2.27. The van der Waals surface area contributed by atoms with Crippen LogP contribution in [-0.4, -0.2) is 28.0 Å². The molecule has 2 N–H and O–H groups in total. The van der Waals surface area contributed by atoms with Gasteiger partial charge in [-0.3, -0.25) is 10.2 Å². The van der Waals surface area contributed by atoms with E-state index in [0.717, 1.165) is 11.3 Å². The normalized spacial score (nSPS) is 11.1. The van der Waals surface area contributed by atoms with Gasteiger partial charge in [0.05, 0.1) is 18.1 Å². The Morgan fingerprint density at radius 1 is 1.25 bits per heavy atom. The summed E-state index contributed by atoms with van der Waals surface area (Å²) < 4.78 is 34.9. The zero-order chi connectivity index (χ0) is 17.7. The van der Waals surface area contributed by atoms with Crippen molar-refractivity contribution in [3.05, 3.63) is 40.2 Å². The average Bonchev–Trinajstić information content (AvgIpc) is 3.01. The van der Waals surface area contributed by atoms with E-state index in [1.165, 1.54) is 31.4 Å². The lowest BCUT2D eigenvalue weighted by Gasteiger charge is -2.11. The Morgan fingerprint density at radius 3 is 2.58 bits per heavy atom. The van der Waals surface area contributed by atoms with Crippen LogP contribution >= 0.6 is 22.9 Å². The van der Waals surface area contributed by atoms with E-state index in [1.807, 2.05) is 11.8 Å². The molecule has 0 bridgehead atoms. The fraction of sp³-hybridized carbons (Fsp3) is 0.214. The van der Waals surface area contributed by atoms with E-state index in [1.54, 1.807) is 6.07 Å². The lowest BCUT2D eigenvalue weighted by molar-refractivity contribution is 0.0944. The molecule has 0 saturated heterocycles. The third-order valence-electron chi connectivity index (χ3n) is 2.84. The Labute approximate surface area is 148 Å². The van der Waals surface area contributed by atoms with Gasteiger partial charge in [0.25, 0.3) is 15.9 Å². The highest BCUT2D eigenvalue weighted by Gasteiger charge is 2.18. The van der Waals surface area contributed by atoms with Gasteiger partial charge in [-0.05, 0) is 37.3 Å². The maximum atomic E-state index is 12.1. The number of halogens is 1. The molecule has 1 aromatic heterocycles. The zero-order valence-electron chi connectivity index (χ0n) is 12.8. The van der Waals surface area contributed by atoms with Crippen LogP contribution in [0, 0.1) is 0 Å². The molecule has 2 aromatic rings. The molecule has 130 valence electrons. The minimum atomic E-state index is -3.88. The van der Waals surface area contributed by atoms with Crippen LogP contribution in [-0.2, 0) is 10.0 Å². The Bertz CT molecular complexity index is 835. The predicted molar refractivity (Wildman–Crippen MR) is 91.3 cm³/mol. The number of carbonyl (C=O) groups is 1. The molecule has 0 radical (unpaired) electrons. The van der Waals surface area contributed by atoms with Crippen molar-refractivity contribution in [2.75, 3.05) is 13.7 Å². The second-order valence-corrected chi connectivity index (χ2v) is 8.04. The van der Waals surface area contributed by atoms with E-state index < -0.39 is 15.9 Å². The molecule has 24 heavy (non-hydrogen) atoms. The van der Waals surface area contributed by atoms with Crippen LogP contribution in [0.4, 0.5) is 0 Å². The van der Waals surface area contributed by atoms with Gasteiger partial charge >= 0.3 is 0 Å². The fourth-order valence-electron chi connectivity index (χ4n) is 1.76. The van der Waals surface area contributed by atoms with E-state index in [-0.39, 0.29) is 9.77 Å². The van der Waals surface area contributed by atoms with Crippen LogP contribution in [0.2, 0.25) is 4.34 Å². The molecule has 0 aliphatic rings. The van der Waals surface area contributed by atoms with Crippen molar-refractivity contribution in [3.8, 4) is 11.5 Å². The van der Waals surface area contributed by atoms with E-state index in [0.29, 0.717) is 22.4 Å². The monoisotopic (exact) mass is 390 g/mol. The number of benzene rings is 1.